The van der Waals surface area contributed by atoms with E-state index in [4.69, 9.17) is 0 Å². The molecule has 2 aliphatic carbocycles. The third-order valence-electron chi connectivity index (χ3n) is 5.10. The average molecular weight is 238 g/mol. The number of rotatable bonds is 7. The van der Waals surface area contributed by atoms with Crippen molar-refractivity contribution in [3.05, 3.63) is 0 Å². The SMILES string of the molecule is CNC(C)CCCN(C)CC1CC2CCC1C2. The molecule has 0 amide bonds. The maximum atomic E-state index is 3.32. The Bertz CT molecular complexity index is 229. The van der Waals surface area contributed by atoms with Crippen LogP contribution in [-0.4, -0.2) is 38.1 Å². The Kier molecular flexibility index (Phi) is 4.87. The fraction of sp³-hybridized carbons (Fsp3) is 1.00. The van der Waals surface area contributed by atoms with Crippen molar-refractivity contribution in [3.63, 3.8) is 0 Å². The first-order chi connectivity index (χ1) is 8.19. The normalized spacial score (nSPS) is 33.5. The second-order valence-corrected chi connectivity index (χ2v) is 6.53. The van der Waals surface area contributed by atoms with Crippen molar-refractivity contribution >= 4 is 0 Å². The third kappa shape index (κ3) is 3.69. The van der Waals surface area contributed by atoms with Gasteiger partial charge >= 0.3 is 0 Å². The lowest BCUT2D eigenvalue weighted by Gasteiger charge is -2.27. The molecule has 0 radical (unpaired) electrons. The van der Waals surface area contributed by atoms with Gasteiger partial charge in [-0.1, -0.05) is 6.42 Å². The van der Waals surface area contributed by atoms with Crippen molar-refractivity contribution in [1.29, 1.82) is 0 Å². The highest BCUT2D eigenvalue weighted by atomic mass is 15.1. The highest BCUT2D eigenvalue weighted by Crippen LogP contribution is 2.48. The van der Waals surface area contributed by atoms with E-state index < -0.39 is 0 Å². The minimum absolute atomic E-state index is 0.672. The van der Waals surface area contributed by atoms with Gasteiger partial charge in [0.25, 0.3) is 0 Å². The molecular formula is C15H30N2. The van der Waals surface area contributed by atoms with Crippen LogP contribution in [0.1, 0.15) is 45.4 Å². The molecule has 0 saturated heterocycles. The van der Waals surface area contributed by atoms with Gasteiger partial charge < -0.3 is 10.2 Å². The van der Waals surface area contributed by atoms with E-state index >= 15 is 0 Å². The highest BCUT2D eigenvalue weighted by Gasteiger charge is 2.39. The lowest BCUT2D eigenvalue weighted by Crippen LogP contribution is -2.30. The summed E-state index contributed by atoms with van der Waals surface area (Å²) in [6, 6.07) is 0.672. The molecule has 1 N–H and O–H groups in total. The van der Waals surface area contributed by atoms with Crippen molar-refractivity contribution in [3.8, 4) is 0 Å². The lowest BCUT2D eigenvalue weighted by molar-refractivity contribution is 0.216. The minimum atomic E-state index is 0.672. The van der Waals surface area contributed by atoms with Gasteiger partial charge in [-0.3, -0.25) is 0 Å². The zero-order valence-electron chi connectivity index (χ0n) is 11.9. The van der Waals surface area contributed by atoms with Crippen LogP contribution in [0.15, 0.2) is 0 Å². The molecule has 0 heterocycles. The summed E-state index contributed by atoms with van der Waals surface area (Å²) < 4.78 is 0. The van der Waals surface area contributed by atoms with E-state index in [2.05, 4.69) is 31.2 Å². The molecule has 0 spiro atoms. The Labute approximate surface area is 107 Å². The smallest absolute Gasteiger partial charge is 0.00362 e. The monoisotopic (exact) mass is 238 g/mol. The summed E-state index contributed by atoms with van der Waals surface area (Å²) in [5, 5.41) is 3.32. The van der Waals surface area contributed by atoms with Gasteiger partial charge in [-0.25, -0.2) is 0 Å². The molecule has 2 fully saturated rings. The predicted octanol–water partition coefficient (Wildman–Crippen LogP) is 2.74. The largest absolute Gasteiger partial charge is 0.317 e. The maximum absolute atomic E-state index is 3.32. The van der Waals surface area contributed by atoms with E-state index in [0.29, 0.717) is 6.04 Å². The second-order valence-electron chi connectivity index (χ2n) is 6.53. The van der Waals surface area contributed by atoms with Crippen molar-refractivity contribution in [2.45, 2.75) is 51.5 Å². The molecule has 0 aromatic heterocycles. The Balaban J connectivity index is 1.59. The van der Waals surface area contributed by atoms with Gasteiger partial charge in [0.1, 0.15) is 0 Å². The summed E-state index contributed by atoms with van der Waals surface area (Å²) >= 11 is 0. The fourth-order valence-corrected chi connectivity index (χ4v) is 3.90. The zero-order chi connectivity index (χ0) is 12.3. The van der Waals surface area contributed by atoms with E-state index in [1.807, 2.05) is 0 Å². The summed E-state index contributed by atoms with van der Waals surface area (Å²) in [7, 11) is 4.37. The summed E-state index contributed by atoms with van der Waals surface area (Å²) in [6.45, 7) is 4.91. The third-order valence-corrected chi connectivity index (χ3v) is 5.10. The van der Waals surface area contributed by atoms with E-state index in [1.165, 1.54) is 45.2 Å². The first kappa shape index (κ1) is 13.4. The van der Waals surface area contributed by atoms with E-state index in [9.17, 15) is 0 Å². The van der Waals surface area contributed by atoms with Gasteiger partial charge in [0.2, 0.25) is 0 Å². The van der Waals surface area contributed by atoms with Crippen molar-refractivity contribution in [2.75, 3.05) is 27.2 Å². The quantitative estimate of drug-likeness (QED) is 0.733. The van der Waals surface area contributed by atoms with Gasteiger partial charge in [0.05, 0.1) is 0 Å². The highest BCUT2D eigenvalue weighted by molar-refractivity contribution is 4.90. The van der Waals surface area contributed by atoms with Crippen molar-refractivity contribution in [2.24, 2.45) is 17.8 Å². The van der Waals surface area contributed by atoms with Gasteiger partial charge in [-0.05, 0) is 77.4 Å². The summed E-state index contributed by atoms with van der Waals surface area (Å²) in [6.07, 6.45) is 8.78. The minimum Gasteiger partial charge on any atom is -0.317 e. The van der Waals surface area contributed by atoms with E-state index in [1.54, 1.807) is 6.42 Å². The molecule has 2 aliphatic rings. The summed E-state index contributed by atoms with van der Waals surface area (Å²) in [5.74, 6) is 3.21. The number of nitrogens with zero attached hydrogens (tertiary/aromatic N) is 1. The van der Waals surface area contributed by atoms with Crippen LogP contribution in [0.5, 0.6) is 0 Å². The molecule has 4 atom stereocenters. The molecular weight excluding hydrogens is 208 g/mol. The Hall–Kier alpha value is -0.0800. The van der Waals surface area contributed by atoms with Crippen LogP contribution < -0.4 is 5.32 Å². The van der Waals surface area contributed by atoms with E-state index in [-0.39, 0.29) is 0 Å². The number of hydrogen-bond donors (Lipinski definition) is 1. The first-order valence-corrected chi connectivity index (χ1v) is 7.55. The first-order valence-electron chi connectivity index (χ1n) is 7.55. The number of fused-ring (bicyclic) bond motifs is 2. The van der Waals surface area contributed by atoms with Gasteiger partial charge in [-0.15, -0.1) is 0 Å². The molecule has 2 saturated carbocycles. The molecule has 2 nitrogen and oxygen atoms in total. The predicted molar refractivity (Wildman–Crippen MR) is 74.2 cm³/mol. The zero-order valence-corrected chi connectivity index (χ0v) is 11.9. The topological polar surface area (TPSA) is 15.3 Å². The molecule has 0 aromatic rings. The Morgan fingerprint density at radius 1 is 1.29 bits per heavy atom. The molecule has 100 valence electrons. The molecule has 4 unspecified atom stereocenters. The lowest BCUT2D eigenvalue weighted by atomic mass is 9.88. The van der Waals surface area contributed by atoms with Crippen LogP contribution in [0.25, 0.3) is 0 Å². The fourth-order valence-electron chi connectivity index (χ4n) is 3.90. The van der Waals surface area contributed by atoms with Gasteiger partial charge in [-0.2, -0.15) is 0 Å². The van der Waals surface area contributed by atoms with E-state index in [0.717, 1.165) is 17.8 Å². The standard InChI is InChI=1S/C15H30N2/c1-12(16-2)5-4-8-17(3)11-15-10-13-6-7-14(15)9-13/h12-16H,4-11H2,1-3H3. The molecule has 0 aromatic carbocycles. The average Bonchev–Trinajstić information content (AvgIpc) is 2.90. The van der Waals surface area contributed by atoms with Gasteiger partial charge in [0, 0.05) is 12.6 Å². The van der Waals surface area contributed by atoms with Crippen LogP contribution >= 0.6 is 0 Å². The maximum Gasteiger partial charge on any atom is 0.00362 e. The number of nitrogens with one attached hydrogen (secondary N) is 1. The van der Waals surface area contributed by atoms with Crippen LogP contribution in [0.4, 0.5) is 0 Å². The van der Waals surface area contributed by atoms with Crippen LogP contribution in [-0.2, 0) is 0 Å². The van der Waals surface area contributed by atoms with Gasteiger partial charge in [0.15, 0.2) is 0 Å². The molecule has 17 heavy (non-hydrogen) atoms. The molecule has 2 bridgehead atoms. The molecule has 2 rings (SSSR count). The van der Waals surface area contributed by atoms with Crippen molar-refractivity contribution in [1.82, 2.24) is 10.2 Å². The number of hydrogen-bond acceptors (Lipinski definition) is 2. The van der Waals surface area contributed by atoms with Crippen molar-refractivity contribution < 1.29 is 0 Å². The summed E-state index contributed by atoms with van der Waals surface area (Å²) in [5.41, 5.74) is 0. The Morgan fingerprint density at radius 3 is 2.71 bits per heavy atom. The van der Waals surface area contributed by atoms with Crippen LogP contribution in [0.3, 0.4) is 0 Å². The Morgan fingerprint density at radius 2 is 2.12 bits per heavy atom. The van der Waals surface area contributed by atoms with Crippen LogP contribution in [0, 0.1) is 17.8 Å². The molecule has 2 heteroatoms. The second kappa shape index (κ2) is 6.19. The van der Waals surface area contributed by atoms with Crippen LogP contribution in [0.2, 0.25) is 0 Å². The molecule has 0 aliphatic heterocycles. The summed E-state index contributed by atoms with van der Waals surface area (Å²) in [4.78, 5) is 2.58.